The quantitative estimate of drug-likeness (QED) is 0.729. The topological polar surface area (TPSA) is 32.3 Å². The number of carbonyl (C=O) groups is 1. The Labute approximate surface area is 87.9 Å². The van der Waals surface area contributed by atoms with Crippen LogP contribution in [0.25, 0.3) is 0 Å². The number of nitrogens with one attached hydrogen (secondary N) is 1. The molecule has 84 valence electrons. The largest absolute Gasteiger partial charge is 0.342 e. The third-order valence-corrected chi connectivity index (χ3v) is 2.63. The second-order valence-corrected chi connectivity index (χ2v) is 4.52. The molecule has 1 atom stereocenters. The molecule has 0 fully saturated rings. The van der Waals surface area contributed by atoms with Gasteiger partial charge in [0.2, 0.25) is 5.91 Å². The molecule has 0 saturated carbocycles. The molecule has 0 saturated heterocycles. The molecule has 0 aromatic carbocycles. The van der Waals surface area contributed by atoms with Crippen LogP contribution in [-0.4, -0.2) is 36.5 Å². The van der Waals surface area contributed by atoms with Gasteiger partial charge in [0.15, 0.2) is 0 Å². The summed E-state index contributed by atoms with van der Waals surface area (Å²) in [7, 11) is 1.87. The van der Waals surface area contributed by atoms with Crippen LogP contribution in [0.1, 0.15) is 34.6 Å². The highest BCUT2D eigenvalue weighted by Gasteiger charge is 2.17. The summed E-state index contributed by atoms with van der Waals surface area (Å²) in [6, 6.07) is 0.665. The highest BCUT2D eigenvalue weighted by molar-refractivity contribution is 5.78. The van der Waals surface area contributed by atoms with Crippen LogP contribution >= 0.6 is 0 Å². The van der Waals surface area contributed by atoms with Crippen LogP contribution in [0.4, 0.5) is 0 Å². The molecule has 0 aliphatic heterocycles. The monoisotopic (exact) mass is 200 g/mol. The molecule has 0 bridgehead atoms. The standard InChI is InChI=1S/C11H24N2O/c1-8(2)10(5)13(6)11(14)7-12-9(3)4/h8-10,12H,7H2,1-6H3. The summed E-state index contributed by atoms with van der Waals surface area (Å²) in [5.41, 5.74) is 0. The fourth-order valence-electron chi connectivity index (χ4n) is 1.09. The first-order valence-corrected chi connectivity index (χ1v) is 5.35. The van der Waals surface area contributed by atoms with Gasteiger partial charge in [0, 0.05) is 19.1 Å². The van der Waals surface area contributed by atoms with Crippen molar-refractivity contribution >= 4 is 5.91 Å². The molecule has 0 aromatic rings. The van der Waals surface area contributed by atoms with E-state index in [0.717, 1.165) is 0 Å². The summed E-state index contributed by atoms with van der Waals surface area (Å²) < 4.78 is 0. The van der Waals surface area contributed by atoms with Crippen molar-refractivity contribution in [3.8, 4) is 0 Å². The van der Waals surface area contributed by atoms with E-state index in [1.165, 1.54) is 0 Å². The lowest BCUT2D eigenvalue weighted by molar-refractivity contribution is -0.131. The van der Waals surface area contributed by atoms with Crippen molar-refractivity contribution in [3.63, 3.8) is 0 Å². The van der Waals surface area contributed by atoms with Gasteiger partial charge in [-0.25, -0.2) is 0 Å². The van der Waals surface area contributed by atoms with Gasteiger partial charge in [0.05, 0.1) is 6.54 Å². The highest BCUT2D eigenvalue weighted by Crippen LogP contribution is 2.07. The first-order valence-electron chi connectivity index (χ1n) is 5.35. The second-order valence-electron chi connectivity index (χ2n) is 4.52. The number of nitrogens with zero attached hydrogens (tertiary/aromatic N) is 1. The molecule has 14 heavy (non-hydrogen) atoms. The predicted molar refractivity (Wildman–Crippen MR) is 60.2 cm³/mol. The van der Waals surface area contributed by atoms with Crippen LogP contribution in [0.3, 0.4) is 0 Å². The summed E-state index contributed by atoms with van der Waals surface area (Å²) in [4.78, 5) is 13.5. The van der Waals surface area contributed by atoms with E-state index in [1.807, 2.05) is 25.8 Å². The van der Waals surface area contributed by atoms with Gasteiger partial charge in [-0.1, -0.05) is 27.7 Å². The van der Waals surface area contributed by atoms with Crippen LogP contribution < -0.4 is 5.32 Å². The van der Waals surface area contributed by atoms with Crippen LogP contribution in [0.2, 0.25) is 0 Å². The average molecular weight is 200 g/mol. The van der Waals surface area contributed by atoms with Gasteiger partial charge < -0.3 is 10.2 Å². The molecule has 0 radical (unpaired) electrons. The zero-order valence-electron chi connectivity index (χ0n) is 10.3. The van der Waals surface area contributed by atoms with Gasteiger partial charge in [-0.2, -0.15) is 0 Å². The zero-order chi connectivity index (χ0) is 11.3. The van der Waals surface area contributed by atoms with Crippen LogP contribution in [0.15, 0.2) is 0 Å². The van der Waals surface area contributed by atoms with Gasteiger partial charge in [-0.15, -0.1) is 0 Å². The zero-order valence-corrected chi connectivity index (χ0v) is 10.3. The Morgan fingerprint density at radius 1 is 1.21 bits per heavy atom. The fraction of sp³-hybridized carbons (Fsp3) is 0.909. The van der Waals surface area contributed by atoms with Crippen molar-refractivity contribution in [1.82, 2.24) is 10.2 Å². The Morgan fingerprint density at radius 3 is 2.07 bits per heavy atom. The van der Waals surface area contributed by atoms with Crippen molar-refractivity contribution in [2.24, 2.45) is 5.92 Å². The second kappa shape index (κ2) is 6.02. The highest BCUT2D eigenvalue weighted by atomic mass is 16.2. The summed E-state index contributed by atoms with van der Waals surface area (Å²) in [6.07, 6.45) is 0. The smallest absolute Gasteiger partial charge is 0.236 e. The van der Waals surface area contributed by atoms with Gasteiger partial charge in [-0.3, -0.25) is 4.79 Å². The molecule has 0 aliphatic carbocycles. The molecule has 0 aromatic heterocycles. The van der Waals surface area contributed by atoms with Crippen LogP contribution in [0.5, 0.6) is 0 Å². The maximum Gasteiger partial charge on any atom is 0.236 e. The Balaban J connectivity index is 3.99. The maximum absolute atomic E-state index is 11.7. The van der Waals surface area contributed by atoms with Crippen molar-refractivity contribution in [2.75, 3.05) is 13.6 Å². The molecule has 0 aliphatic rings. The lowest BCUT2D eigenvalue weighted by Gasteiger charge is -2.28. The van der Waals surface area contributed by atoms with Crippen molar-refractivity contribution in [2.45, 2.75) is 46.7 Å². The van der Waals surface area contributed by atoms with E-state index < -0.39 is 0 Å². The summed E-state index contributed by atoms with van der Waals surface area (Å²) in [6.45, 7) is 10.9. The molecule has 0 rings (SSSR count). The van der Waals surface area contributed by atoms with E-state index in [1.54, 1.807) is 0 Å². The van der Waals surface area contributed by atoms with Gasteiger partial charge >= 0.3 is 0 Å². The summed E-state index contributed by atoms with van der Waals surface area (Å²) >= 11 is 0. The summed E-state index contributed by atoms with van der Waals surface area (Å²) in [5.74, 6) is 0.669. The number of carbonyl (C=O) groups excluding carboxylic acids is 1. The van der Waals surface area contributed by atoms with E-state index in [0.29, 0.717) is 24.5 Å². The Hall–Kier alpha value is -0.570. The lowest BCUT2D eigenvalue weighted by atomic mass is 10.1. The SMILES string of the molecule is CC(C)NCC(=O)N(C)C(C)C(C)C. The molecule has 1 unspecified atom stereocenters. The average Bonchev–Trinajstić information content (AvgIpc) is 2.11. The minimum atomic E-state index is 0.167. The van der Waals surface area contributed by atoms with Crippen molar-refractivity contribution in [3.05, 3.63) is 0 Å². The number of likely N-dealkylation sites (N-methyl/N-ethyl adjacent to an activating group) is 1. The molecule has 1 N–H and O–H groups in total. The molecule has 3 heteroatoms. The predicted octanol–water partition coefficient (Wildman–Crippen LogP) is 1.49. The molecular weight excluding hydrogens is 176 g/mol. The minimum absolute atomic E-state index is 0.167. The van der Waals surface area contributed by atoms with Gasteiger partial charge in [0.25, 0.3) is 0 Å². The number of rotatable bonds is 5. The van der Waals surface area contributed by atoms with E-state index >= 15 is 0 Å². The Morgan fingerprint density at radius 2 is 1.71 bits per heavy atom. The lowest BCUT2D eigenvalue weighted by Crippen LogP contribution is -2.44. The molecule has 1 amide bonds. The Bertz CT molecular complexity index is 178. The summed E-state index contributed by atoms with van der Waals surface area (Å²) in [5, 5.41) is 3.13. The normalized spacial score (nSPS) is 13.4. The number of hydrogen-bond donors (Lipinski definition) is 1. The van der Waals surface area contributed by atoms with Crippen LogP contribution in [-0.2, 0) is 4.79 Å². The minimum Gasteiger partial charge on any atom is -0.342 e. The van der Waals surface area contributed by atoms with E-state index in [-0.39, 0.29) is 5.91 Å². The third kappa shape index (κ3) is 4.61. The Kier molecular flexibility index (Phi) is 5.77. The first-order chi connectivity index (χ1) is 6.36. The number of hydrogen-bond acceptors (Lipinski definition) is 2. The third-order valence-electron chi connectivity index (χ3n) is 2.63. The van der Waals surface area contributed by atoms with Gasteiger partial charge in [-0.05, 0) is 12.8 Å². The molecule has 0 spiro atoms. The maximum atomic E-state index is 11.7. The fourth-order valence-corrected chi connectivity index (χ4v) is 1.09. The van der Waals surface area contributed by atoms with Crippen molar-refractivity contribution in [1.29, 1.82) is 0 Å². The first kappa shape index (κ1) is 13.4. The molecule has 3 nitrogen and oxygen atoms in total. The van der Waals surface area contributed by atoms with Crippen molar-refractivity contribution < 1.29 is 4.79 Å². The van der Waals surface area contributed by atoms with E-state index in [2.05, 4.69) is 26.1 Å². The van der Waals surface area contributed by atoms with E-state index in [9.17, 15) is 4.79 Å². The number of amides is 1. The van der Waals surface area contributed by atoms with E-state index in [4.69, 9.17) is 0 Å². The van der Waals surface area contributed by atoms with Crippen LogP contribution in [0, 0.1) is 5.92 Å². The van der Waals surface area contributed by atoms with Gasteiger partial charge in [0.1, 0.15) is 0 Å². The molecular formula is C11H24N2O. The molecule has 0 heterocycles.